The molecule has 0 atom stereocenters. The second-order valence-corrected chi connectivity index (χ2v) is 9.32. The van der Waals surface area contributed by atoms with Crippen molar-refractivity contribution in [2.45, 2.75) is 31.3 Å². The molecule has 3 rings (SSSR count). The zero-order valence-corrected chi connectivity index (χ0v) is 16.9. The fourth-order valence-electron chi connectivity index (χ4n) is 3.26. The standard InChI is InChI=1S/C18H26N4O5S/c1-21(2)28(24,25)22-12-9-18(10-13-22)14-16(20-27-18)26-17(23)19-11-8-15-6-4-3-5-7-15/h3-7H,8-14H2,1-2H3,(H,19,23). The Bertz CT molecular complexity index is 818. The summed E-state index contributed by atoms with van der Waals surface area (Å²) >= 11 is 0. The highest BCUT2D eigenvalue weighted by Crippen LogP contribution is 2.35. The van der Waals surface area contributed by atoms with Gasteiger partial charge in [0.1, 0.15) is 5.60 Å². The second-order valence-electron chi connectivity index (χ2n) is 7.18. The number of carbonyl (C=O) groups excluding carboxylic acids is 1. The maximum atomic E-state index is 12.2. The summed E-state index contributed by atoms with van der Waals surface area (Å²) in [4.78, 5) is 17.5. The van der Waals surface area contributed by atoms with E-state index in [-0.39, 0.29) is 5.90 Å². The van der Waals surface area contributed by atoms with Crippen molar-refractivity contribution in [1.29, 1.82) is 0 Å². The number of carbonyl (C=O) groups is 1. The predicted molar refractivity (Wildman–Crippen MR) is 104 cm³/mol. The number of hydrogen-bond acceptors (Lipinski definition) is 6. The Kier molecular flexibility index (Phi) is 6.21. The lowest BCUT2D eigenvalue weighted by atomic mass is 9.89. The van der Waals surface area contributed by atoms with Crippen LogP contribution in [-0.2, 0) is 26.2 Å². The summed E-state index contributed by atoms with van der Waals surface area (Å²) in [6.45, 7) is 1.14. The summed E-state index contributed by atoms with van der Waals surface area (Å²) in [7, 11) is -0.411. The van der Waals surface area contributed by atoms with E-state index in [0.29, 0.717) is 45.3 Å². The average molecular weight is 410 g/mol. The molecule has 9 nitrogen and oxygen atoms in total. The van der Waals surface area contributed by atoms with Crippen molar-refractivity contribution in [3.05, 3.63) is 35.9 Å². The van der Waals surface area contributed by atoms with E-state index in [2.05, 4.69) is 10.5 Å². The van der Waals surface area contributed by atoms with Gasteiger partial charge in [0.2, 0.25) is 5.90 Å². The predicted octanol–water partition coefficient (Wildman–Crippen LogP) is 1.33. The Morgan fingerprint density at radius 1 is 1.29 bits per heavy atom. The van der Waals surface area contributed by atoms with Gasteiger partial charge in [-0.1, -0.05) is 35.5 Å². The minimum Gasteiger partial charge on any atom is -0.392 e. The number of nitrogens with zero attached hydrogens (tertiary/aromatic N) is 3. The molecule has 10 heteroatoms. The Hall–Kier alpha value is -2.17. The molecule has 1 amide bonds. The number of ether oxygens (including phenoxy) is 1. The van der Waals surface area contributed by atoms with Crippen LogP contribution >= 0.6 is 0 Å². The smallest absolute Gasteiger partial charge is 0.392 e. The third-order valence-corrected chi connectivity index (χ3v) is 6.91. The molecule has 2 aliphatic heterocycles. The summed E-state index contributed by atoms with van der Waals surface area (Å²) in [5.41, 5.74) is 0.528. The molecule has 1 saturated heterocycles. The van der Waals surface area contributed by atoms with Crippen LogP contribution in [0.15, 0.2) is 35.5 Å². The highest BCUT2D eigenvalue weighted by Gasteiger charge is 2.45. The highest BCUT2D eigenvalue weighted by atomic mass is 32.2. The van der Waals surface area contributed by atoms with Gasteiger partial charge in [0.05, 0.1) is 6.42 Å². The SMILES string of the molecule is CN(C)S(=O)(=O)N1CCC2(CC1)CC(OC(=O)NCCc1ccccc1)=NO2. The summed E-state index contributed by atoms with van der Waals surface area (Å²) in [6, 6.07) is 9.84. The lowest BCUT2D eigenvalue weighted by Gasteiger charge is -2.37. The van der Waals surface area contributed by atoms with Crippen LogP contribution < -0.4 is 5.32 Å². The monoisotopic (exact) mass is 410 g/mol. The van der Waals surface area contributed by atoms with E-state index in [9.17, 15) is 13.2 Å². The highest BCUT2D eigenvalue weighted by molar-refractivity contribution is 7.86. The lowest BCUT2D eigenvalue weighted by Crippen LogP contribution is -2.50. The first-order valence-corrected chi connectivity index (χ1v) is 10.6. The van der Waals surface area contributed by atoms with E-state index in [0.717, 1.165) is 5.56 Å². The Morgan fingerprint density at radius 2 is 1.96 bits per heavy atom. The van der Waals surface area contributed by atoms with Gasteiger partial charge in [-0.25, -0.2) is 4.79 Å². The Labute approximate surface area is 165 Å². The van der Waals surface area contributed by atoms with Gasteiger partial charge in [0, 0.05) is 46.6 Å². The summed E-state index contributed by atoms with van der Waals surface area (Å²) in [5, 5.41) is 6.59. The molecular formula is C18H26N4O5S. The summed E-state index contributed by atoms with van der Waals surface area (Å²) in [5.74, 6) is 0.223. The third-order valence-electron chi connectivity index (χ3n) is 4.97. The molecule has 2 aliphatic rings. The van der Waals surface area contributed by atoms with Gasteiger partial charge in [-0.15, -0.1) is 0 Å². The van der Waals surface area contributed by atoms with E-state index in [4.69, 9.17) is 9.57 Å². The van der Waals surface area contributed by atoms with Gasteiger partial charge in [-0.2, -0.15) is 17.0 Å². The van der Waals surface area contributed by atoms with Crippen molar-refractivity contribution in [1.82, 2.24) is 13.9 Å². The minimum atomic E-state index is -3.43. The Balaban J connectivity index is 1.42. The first-order valence-electron chi connectivity index (χ1n) is 9.23. The molecule has 28 heavy (non-hydrogen) atoms. The topological polar surface area (TPSA) is 101 Å². The van der Waals surface area contributed by atoms with Crippen LogP contribution in [0.5, 0.6) is 0 Å². The first-order chi connectivity index (χ1) is 13.3. The molecule has 0 aromatic heterocycles. The summed E-state index contributed by atoms with van der Waals surface area (Å²) in [6.07, 6.45) is 1.48. The van der Waals surface area contributed by atoms with Crippen LogP contribution in [-0.4, -0.2) is 68.3 Å². The fraction of sp³-hybridized carbons (Fsp3) is 0.556. The van der Waals surface area contributed by atoms with Gasteiger partial charge >= 0.3 is 6.09 Å². The zero-order valence-electron chi connectivity index (χ0n) is 16.1. The van der Waals surface area contributed by atoms with Crippen molar-refractivity contribution in [3.63, 3.8) is 0 Å². The van der Waals surface area contributed by atoms with Crippen LogP contribution in [0.3, 0.4) is 0 Å². The molecule has 1 fully saturated rings. The van der Waals surface area contributed by atoms with Gasteiger partial charge in [-0.3, -0.25) is 0 Å². The van der Waals surface area contributed by atoms with Gasteiger partial charge in [0.25, 0.3) is 10.2 Å². The first kappa shape index (κ1) is 20.6. The van der Waals surface area contributed by atoms with Crippen LogP contribution in [0.1, 0.15) is 24.8 Å². The van der Waals surface area contributed by atoms with Gasteiger partial charge < -0.3 is 14.9 Å². The number of oxime groups is 1. The molecule has 154 valence electrons. The van der Waals surface area contributed by atoms with Crippen molar-refractivity contribution in [3.8, 4) is 0 Å². The Morgan fingerprint density at radius 3 is 2.61 bits per heavy atom. The van der Waals surface area contributed by atoms with Crippen LogP contribution in [0.4, 0.5) is 4.79 Å². The lowest BCUT2D eigenvalue weighted by molar-refractivity contribution is -0.0510. The molecule has 1 aromatic carbocycles. The van der Waals surface area contributed by atoms with Crippen LogP contribution in [0.2, 0.25) is 0 Å². The molecule has 0 aliphatic carbocycles. The second kappa shape index (κ2) is 8.46. The molecule has 0 saturated carbocycles. The number of nitrogens with one attached hydrogen (secondary N) is 1. The van der Waals surface area contributed by atoms with E-state index in [1.54, 1.807) is 0 Å². The molecule has 1 aromatic rings. The zero-order chi connectivity index (χ0) is 20.2. The van der Waals surface area contributed by atoms with Crippen molar-refractivity contribution < 1.29 is 22.8 Å². The molecule has 1 spiro atoms. The molecule has 0 bridgehead atoms. The van der Waals surface area contributed by atoms with Gasteiger partial charge in [0.15, 0.2) is 0 Å². The maximum absolute atomic E-state index is 12.2. The molecule has 0 unspecified atom stereocenters. The molecule has 0 radical (unpaired) electrons. The van der Waals surface area contributed by atoms with Crippen LogP contribution in [0, 0.1) is 0 Å². The number of amides is 1. The number of hydrogen-bond donors (Lipinski definition) is 1. The van der Waals surface area contributed by atoms with E-state index in [1.807, 2.05) is 30.3 Å². The molecule has 2 heterocycles. The minimum absolute atomic E-state index is 0.223. The van der Waals surface area contributed by atoms with E-state index < -0.39 is 21.9 Å². The third kappa shape index (κ3) is 4.81. The van der Waals surface area contributed by atoms with E-state index in [1.165, 1.54) is 22.7 Å². The largest absolute Gasteiger partial charge is 0.413 e. The van der Waals surface area contributed by atoms with Crippen molar-refractivity contribution in [2.24, 2.45) is 5.16 Å². The maximum Gasteiger partial charge on any atom is 0.413 e. The number of benzene rings is 1. The fourth-order valence-corrected chi connectivity index (χ4v) is 4.37. The van der Waals surface area contributed by atoms with Gasteiger partial charge in [-0.05, 0) is 12.0 Å². The molecule has 1 N–H and O–H groups in total. The van der Waals surface area contributed by atoms with E-state index >= 15 is 0 Å². The quantitative estimate of drug-likeness (QED) is 0.789. The number of alkyl carbamates (subject to hydrolysis) is 1. The van der Waals surface area contributed by atoms with Crippen molar-refractivity contribution >= 4 is 22.2 Å². The molecular weight excluding hydrogens is 384 g/mol. The van der Waals surface area contributed by atoms with Crippen molar-refractivity contribution in [2.75, 3.05) is 33.7 Å². The summed E-state index contributed by atoms with van der Waals surface area (Å²) < 4.78 is 32.3. The normalized spacial score (nSPS) is 19.3. The average Bonchev–Trinajstić information content (AvgIpc) is 3.04. The van der Waals surface area contributed by atoms with Crippen LogP contribution in [0.25, 0.3) is 0 Å². The number of piperidine rings is 1. The number of rotatable bonds is 5.